The highest BCUT2D eigenvalue weighted by molar-refractivity contribution is 8.26. The molecule has 11 heteroatoms. The predicted octanol–water partition coefficient (Wildman–Crippen LogP) is 1.92. The van der Waals surface area contributed by atoms with Crippen LogP contribution in [-0.4, -0.2) is 54.9 Å². The van der Waals surface area contributed by atoms with Crippen LogP contribution in [0.15, 0.2) is 41.3 Å². The normalized spacial score (nSPS) is 14.4. The molecular formula is C22H19N2O7S2-. The second kappa shape index (κ2) is 10.4. The lowest BCUT2D eigenvalue weighted by molar-refractivity contribution is -0.255. The summed E-state index contributed by atoms with van der Waals surface area (Å²) in [6.45, 7) is -0.327. The van der Waals surface area contributed by atoms with Crippen molar-refractivity contribution >= 4 is 57.8 Å². The van der Waals surface area contributed by atoms with Crippen molar-refractivity contribution in [3.8, 4) is 17.2 Å². The van der Waals surface area contributed by atoms with Gasteiger partial charge in [0.05, 0.1) is 32.2 Å². The molecule has 1 N–H and O–H groups in total. The summed E-state index contributed by atoms with van der Waals surface area (Å²) in [5.74, 6) is -1.05. The summed E-state index contributed by atoms with van der Waals surface area (Å²) in [6.07, 6.45) is 1.62. The Bertz CT molecular complexity index is 1140. The molecule has 172 valence electrons. The number of amides is 2. The fourth-order valence-corrected chi connectivity index (χ4v) is 4.30. The van der Waals surface area contributed by atoms with E-state index in [1.165, 1.54) is 50.5 Å². The minimum Gasteiger partial charge on any atom is -0.545 e. The highest BCUT2D eigenvalue weighted by atomic mass is 32.2. The van der Waals surface area contributed by atoms with E-state index >= 15 is 0 Å². The van der Waals surface area contributed by atoms with E-state index in [-0.39, 0.29) is 22.1 Å². The number of rotatable bonds is 8. The smallest absolute Gasteiger partial charge is 0.266 e. The Kier molecular flexibility index (Phi) is 7.56. The molecule has 1 aliphatic rings. The van der Waals surface area contributed by atoms with Gasteiger partial charge in [0, 0.05) is 5.69 Å². The molecule has 0 atom stereocenters. The van der Waals surface area contributed by atoms with Gasteiger partial charge in [-0.15, -0.1) is 0 Å². The van der Waals surface area contributed by atoms with E-state index in [4.69, 9.17) is 26.4 Å². The number of hydrogen-bond acceptors (Lipinski definition) is 9. The summed E-state index contributed by atoms with van der Waals surface area (Å²) < 4.78 is 16.2. The van der Waals surface area contributed by atoms with Gasteiger partial charge < -0.3 is 29.4 Å². The summed E-state index contributed by atoms with van der Waals surface area (Å²) in [5.41, 5.74) is 0.806. The van der Waals surface area contributed by atoms with Crippen molar-refractivity contribution in [1.29, 1.82) is 0 Å². The van der Waals surface area contributed by atoms with E-state index in [0.717, 1.165) is 11.8 Å². The third-order valence-electron chi connectivity index (χ3n) is 4.54. The maximum Gasteiger partial charge on any atom is 0.266 e. The fraction of sp³-hybridized carbons (Fsp3) is 0.182. The maximum absolute atomic E-state index is 12.9. The van der Waals surface area contributed by atoms with E-state index in [1.807, 2.05) is 0 Å². The number of carbonyl (C=O) groups excluding carboxylic acids is 3. The molecule has 0 saturated carbocycles. The summed E-state index contributed by atoms with van der Waals surface area (Å²) in [4.78, 5) is 37.8. The van der Waals surface area contributed by atoms with Crippen molar-refractivity contribution in [3.63, 3.8) is 0 Å². The largest absolute Gasteiger partial charge is 0.545 e. The first-order chi connectivity index (χ1) is 15.8. The van der Waals surface area contributed by atoms with Crippen LogP contribution in [0.1, 0.15) is 15.9 Å². The molecule has 1 saturated heterocycles. The van der Waals surface area contributed by atoms with Crippen LogP contribution in [0, 0.1) is 0 Å². The molecule has 0 radical (unpaired) electrons. The number of benzene rings is 2. The van der Waals surface area contributed by atoms with Crippen LogP contribution in [0.2, 0.25) is 0 Å². The SMILES string of the molecule is COc1cc(C=C2SC(=S)N(CC(=O)Nc3cccc(C(=O)[O-])c3)C2=O)cc(OC)c1OC. The van der Waals surface area contributed by atoms with E-state index in [0.29, 0.717) is 27.7 Å². The van der Waals surface area contributed by atoms with Crippen LogP contribution in [0.3, 0.4) is 0 Å². The van der Waals surface area contributed by atoms with Gasteiger partial charge in [-0.3, -0.25) is 14.5 Å². The number of carboxylic acids is 1. The third kappa shape index (κ3) is 5.44. The van der Waals surface area contributed by atoms with Crippen molar-refractivity contribution in [3.05, 3.63) is 52.4 Å². The molecule has 9 nitrogen and oxygen atoms in total. The Labute approximate surface area is 199 Å². The van der Waals surface area contributed by atoms with E-state index in [9.17, 15) is 19.5 Å². The average molecular weight is 488 g/mol. The van der Waals surface area contributed by atoms with Crippen LogP contribution in [0.25, 0.3) is 6.08 Å². The summed E-state index contributed by atoms with van der Waals surface area (Å²) >= 11 is 6.34. The molecular weight excluding hydrogens is 468 g/mol. The fourth-order valence-electron chi connectivity index (χ4n) is 3.04. The van der Waals surface area contributed by atoms with Crippen molar-refractivity contribution in [2.24, 2.45) is 0 Å². The van der Waals surface area contributed by atoms with Gasteiger partial charge in [-0.2, -0.15) is 0 Å². The number of thiocarbonyl (C=S) groups is 1. The molecule has 33 heavy (non-hydrogen) atoms. The first kappa shape index (κ1) is 24.1. The molecule has 1 fully saturated rings. The lowest BCUT2D eigenvalue weighted by atomic mass is 10.1. The molecule has 3 rings (SSSR count). The Balaban J connectivity index is 1.77. The number of carboxylic acid groups (broad SMARTS) is 1. The second-order valence-electron chi connectivity index (χ2n) is 6.64. The van der Waals surface area contributed by atoms with Gasteiger partial charge in [0.25, 0.3) is 5.91 Å². The number of methoxy groups -OCH3 is 3. The Morgan fingerprint density at radius 3 is 2.36 bits per heavy atom. The molecule has 1 heterocycles. The Morgan fingerprint density at radius 1 is 1.12 bits per heavy atom. The van der Waals surface area contributed by atoms with E-state index in [2.05, 4.69) is 5.32 Å². The van der Waals surface area contributed by atoms with Crippen molar-refractivity contribution in [2.45, 2.75) is 0 Å². The van der Waals surface area contributed by atoms with Crippen molar-refractivity contribution in [2.75, 3.05) is 33.2 Å². The second-order valence-corrected chi connectivity index (χ2v) is 8.32. The number of nitrogens with zero attached hydrogens (tertiary/aromatic N) is 1. The number of aromatic carboxylic acids is 1. The minimum atomic E-state index is -1.36. The van der Waals surface area contributed by atoms with Gasteiger partial charge in [0.15, 0.2) is 11.5 Å². The molecule has 2 aromatic rings. The quantitative estimate of drug-likeness (QED) is 0.440. The minimum absolute atomic E-state index is 0.0771. The summed E-state index contributed by atoms with van der Waals surface area (Å²) in [6, 6.07) is 8.98. The number of thioether (sulfide) groups is 1. The average Bonchev–Trinajstić information content (AvgIpc) is 3.05. The van der Waals surface area contributed by atoms with Gasteiger partial charge >= 0.3 is 0 Å². The lowest BCUT2D eigenvalue weighted by Crippen LogP contribution is -2.36. The zero-order chi connectivity index (χ0) is 24.1. The van der Waals surface area contributed by atoms with E-state index < -0.39 is 17.8 Å². The van der Waals surface area contributed by atoms with Crippen molar-refractivity contribution < 1.29 is 33.7 Å². The first-order valence-corrected chi connectivity index (χ1v) is 10.7. The number of nitrogens with one attached hydrogen (secondary N) is 1. The molecule has 2 amide bonds. The molecule has 1 aliphatic heterocycles. The molecule has 0 bridgehead atoms. The third-order valence-corrected chi connectivity index (χ3v) is 5.92. The van der Waals surface area contributed by atoms with Gasteiger partial charge in [0.1, 0.15) is 10.9 Å². The molecule has 2 aromatic carbocycles. The maximum atomic E-state index is 12.9. The van der Waals surface area contributed by atoms with Crippen LogP contribution in [0.4, 0.5) is 5.69 Å². The predicted molar refractivity (Wildman–Crippen MR) is 125 cm³/mol. The summed E-state index contributed by atoms with van der Waals surface area (Å²) in [5, 5.41) is 13.5. The van der Waals surface area contributed by atoms with Gasteiger partial charge in [0.2, 0.25) is 11.7 Å². The highest BCUT2D eigenvalue weighted by Gasteiger charge is 2.33. The van der Waals surface area contributed by atoms with Gasteiger partial charge in [-0.05, 0) is 41.5 Å². The topological polar surface area (TPSA) is 117 Å². The molecule has 0 unspecified atom stereocenters. The lowest BCUT2D eigenvalue weighted by Gasteiger charge is -2.15. The Hall–Kier alpha value is -3.57. The van der Waals surface area contributed by atoms with Gasteiger partial charge in [-0.1, -0.05) is 36.1 Å². The van der Waals surface area contributed by atoms with E-state index in [1.54, 1.807) is 18.2 Å². The highest BCUT2D eigenvalue weighted by Crippen LogP contribution is 2.40. The van der Waals surface area contributed by atoms with Gasteiger partial charge in [-0.25, -0.2) is 0 Å². The van der Waals surface area contributed by atoms with Crippen LogP contribution < -0.4 is 24.6 Å². The standard InChI is InChI=1S/C22H20N2O7S2/c1-29-15-7-12(8-16(30-2)19(15)31-3)9-17-20(26)24(22(32)33-17)11-18(25)23-14-6-4-5-13(10-14)21(27)28/h4-10H,11H2,1-3H3,(H,23,25)(H,27,28)/p-1. The molecule has 0 aromatic heterocycles. The zero-order valence-corrected chi connectivity index (χ0v) is 19.5. The number of anilines is 1. The van der Waals surface area contributed by atoms with Crippen LogP contribution in [0.5, 0.6) is 17.2 Å². The van der Waals surface area contributed by atoms with Crippen LogP contribution in [-0.2, 0) is 9.59 Å². The summed E-state index contributed by atoms with van der Waals surface area (Å²) in [7, 11) is 4.47. The van der Waals surface area contributed by atoms with Crippen molar-refractivity contribution in [1.82, 2.24) is 4.90 Å². The zero-order valence-electron chi connectivity index (χ0n) is 17.9. The number of ether oxygens (including phenoxy) is 3. The first-order valence-electron chi connectivity index (χ1n) is 9.44. The monoisotopic (exact) mass is 487 g/mol. The molecule has 0 aliphatic carbocycles. The number of carbonyl (C=O) groups is 3. The van der Waals surface area contributed by atoms with Crippen LogP contribution >= 0.6 is 24.0 Å². The molecule has 0 spiro atoms. The number of hydrogen-bond donors (Lipinski definition) is 1. The Morgan fingerprint density at radius 2 is 1.79 bits per heavy atom.